The zero-order valence-electron chi connectivity index (χ0n) is 29.1. The van der Waals surface area contributed by atoms with E-state index in [2.05, 4.69) is 29.9 Å². The van der Waals surface area contributed by atoms with Gasteiger partial charge in [-0.05, 0) is 29.8 Å². The number of benzene rings is 6. The SMILES string of the molecule is Clc1nc(-c2ccccc2)nc(-c2ccccc2)n1.Fc1cccc(-c2nc(-c3ccccc3)nc(-c3ccccc3)n2)c1F.OB(O)c1cccc(F)c1F. The average Bonchev–Trinajstić information content (AvgIpc) is 3.24. The minimum atomic E-state index is -1.97. The highest BCUT2D eigenvalue weighted by molar-refractivity contribution is 6.58. The van der Waals surface area contributed by atoms with Gasteiger partial charge in [0.1, 0.15) is 0 Å². The van der Waals surface area contributed by atoms with Crippen LogP contribution in [0.3, 0.4) is 0 Å². The number of hydrogen-bond acceptors (Lipinski definition) is 8. The summed E-state index contributed by atoms with van der Waals surface area (Å²) in [6.07, 6.45) is 0. The van der Waals surface area contributed by atoms with E-state index in [0.29, 0.717) is 23.3 Å². The molecule has 8 rings (SSSR count). The highest BCUT2D eigenvalue weighted by Crippen LogP contribution is 2.27. The van der Waals surface area contributed by atoms with Crippen molar-refractivity contribution in [3.05, 3.63) is 186 Å². The maximum Gasteiger partial charge on any atom is 0.491 e. The molecule has 14 heteroatoms. The second kappa shape index (κ2) is 18.6. The summed E-state index contributed by atoms with van der Waals surface area (Å²) in [5.74, 6) is -2.16. The molecule has 0 spiro atoms. The van der Waals surface area contributed by atoms with Crippen LogP contribution in [0.25, 0.3) is 56.9 Å². The van der Waals surface area contributed by atoms with Crippen LogP contribution in [0.1, 0.15) is 0 Å². The summed E-state index contributed by atoms with van der Waals surface area (Å²) in [7, 11) is -1.97. The number of rotatable bonds is 6. The topological polar surface area (TPSA) is 118 Å². The third kappa shape index (κ3) is 9.90. The summed E-state index contributed by atoms with van der Waals surface area (Å²) in [6.45, 7) is 0. The number of hydrogen-bond donors (Lipinski definition) is 2. The van der Waals surface area contributed by atoms with Gasteiger partial charge in [0.25, 0.3) is 0 Å². The van der Waals surface area contributed by atoms with Crippen molar-refractivity contribution < 1.29 is 27.6 Å². The molecular formula is C42H28BClF4N6O2. The Labute approximate surface area is 324 Å². The highest BCUT2D eigenvalue weighted by atomic mass is 35.5. The van der Waals surface area contributed by atoms with Gasteiger partial charge in [0.05, 0.1) is 5.56 Å². The van der Waals surface area contributed by atoms with Gasteiger partial charge < -0.3 is 10.0 Å². The van der Waals surface area contributed by atoms with Crippen LogP contribution in [0.15, 0.2) is 158 Å². The lowest BCUT2D eigenvalue weighted by Crippen LogP contribution is -2.33. The molecule has 0 aliphatic rings. The molecule has 0 unspecified atom stereocenters. The third-order valence-electron chi connectivity index (χ3n) is 7.82. The van der Waals surface area contributed by atoms with Gasteiger partial charge in [0.15, 0.2) is 52.4 Å². The first kappa shape index (κ1) is 39.0. The fraction of sp³-hybridized carbons (Fsp3) is 0. The van der Waals surface area contributed by atoms with Gasteiger partial charge >= 0.3 is 7.12 Å². The minimum Gasteiger partial charge on any atom is -0.423 e. The van der Waals surface area contributed by atoms with Gasteiger partial charge in [0, 0.05) is 27.7 Å². The van der Waals surface area contributed by atoms with Crippen molar-refractivity contribution in [1.29, 1.82) is 0 Å². The molecule has 276 valence electrons. The van der Waals surface area contributed by atoms with E-state index in [0.717, 1.165) is 40.5 Å². The molecule has 2 N–H and O–H groups in total. The molecule has 56 heavy (non-hydrogen) atoms. The Kier molecular flexibility index (Phi) is 13.0. The Bertz CT molecular complexity index is 2410. The molecule has 0 bridgehead atoms. The molecule has 0 aliphatic carbocycles. The lowest BCUT2D eigenvalue weighted by Gasteiger charge is -2.09. The highest BCUT2D eigenvalue weighted by Gasteiger charge is 2.19. The van der Waals surface area contributed by atoms with Gasteiger partial charge in [-0.3, -0.25) is 0 Å². The number of halogens is 5. The van der Waals surface area contributed by atoms with Gasteiger partial charge in [-0.1, -0.05) is 140 Å². The van der Waals surface area contributed by atoms with Crippen molar-refractivity contribution in [2.75, 3.05) is 0 Å². The van der Waals surface area contributed by atoms with E-state index in [9.17, 15) is 17.6 Å². The van der Waals surface area contributed by atoms with Crippen molar-refractivity contribution in [2.24, 2.45) is 0 Å². The van der Waals surface area contributed by atoms with Crippen LogP contribution in [-0.4, -0.2) is 47.1 Å². The van der Waals surface area contributed by atoms with E-state index in [-0.39, 0.29) is 16.7 Å². The molecule has 6 aromatic carbocycles. The molecule has 2 heterocycles. The van der Waals surface area contributed by atoms with Gasteiger partial charge in [-0.25, -0.2) is 37.5 Å². The van der Waals surface area contributed by atoms with E-state index in [4.69, 9.17) is 21.6 Å². The summed E-state index contributed by atoms with van der Waals surface area (Å²) < 4.78 is 52.8. The zero-order valence-corrected chi connectivity index (χ0v) is 29.8. The Morgan fingerprint density at radius 2 is 0.714 bits per heavy atom. The Morgan fingerprint density at radius 3 is 1.09 bits per heavy atom. The lowest BCUT2D eigenvalue weighted by atomic mass is 9.80. The minimum absolute atomic E-state index is 0.00163. The number of aromatic nitrogens is 6. The molecule has 0 atom stereocenters. The largest absolute Gasteiger partial charge is 0.491 e. The van der Waals surface area contributed by atoms with Crippen LogP contribution in [0.5, 0.6) is 0 Å². The fourth-order valence-electron chi connectivity index (χ4n) is 5.11. The van der Waals surface area contributed by atoms with Crippen molar-refractivity contribution in [3.8, 4) is 56.9 Å². The number of nitrogens with zero attached hydrogens (tertiary/aromatic N) is 6. The summed E-state index contributed by atoms with van der Waals surface area (Å²) in [6, 6.07) is 45.3. The molecule has 0 fully saturated rings. The summed E-state index contributed by atoms with van der Waals surface area (Å²) in [5, 5.41) is 17.2. The Morgan fingerprint density at radius 1 is 0.375 bits per heavy atom. The lowest BCUT2D eigenvalue weighted by molar-refractivity contribution is 0.420. The second-order valence-electron chi connectivity index (χ2n) is 11.6. The van der Waals surface area contributed by atoms with Gasteiger partial charge in [0.2, 0.25) is 5.28 Å². The van der Waals surface area contributed by atoms with E-state index in [1.54, 1.807) is 0 Å². The van der Waals surface area contributed by atoms with E-state index < -0.39 is 35.9 Å². The fourth-order valence-corrected chi connectivity index (χ4v) is 5.27. The van der Waals surface area contributed by atoms with Crippen molar-refractivity contribution in [3.63, 3.8) is 0 Å². The molecule has 0 radical (unpaired) electrons. The van der Waals surface area contributed by atoms with Crippen LogP contribution in [0.2, 0.25) is 5.28 Å². The van der Waals surface area contributed by atoms with Gasteiger partial charge in [-0.15, -0.1) is 0 Å². The first-order valence-corrected chi connectivity index (χ1v) is 17.2. The standard InChI is InChI=1S/C21H13F2N3.C15H10ClN3.C6H5BF2O2/c22-17-13-7-12-16(18(17)23)21-25-19(14-8-3-1-4-9-14)24-20(26-21)15-10-5-2-6-11-15;16-15-18-13(11-7-3-1-4-8-11)17-14(19-15)12-9-5-2-6-10-12;8-5-3-1-2-4(6(5)9)7(10)11/h1-13H;1-10H;1-3,10-11H. The monoisotopic (exact) mass is 770 g/mol. The van der Waals surface area contributed by atoms with E-state index in [1.807, 2.05) is 121 Å². The molecule has 8 nitrogen and oxygen atoms in total. The Hall–Kier alpha value is -6.67. The van der Waals surface area contributed by atoms with E-state index in [1.165, 1.54) is 18.2 Å². The molecule has 0 saturated carbocycles. The molecule has 8 aromatic rings. The van der Waals surface area contributed by atoms with Crippen LogP contribution >= 0.6 is 11.6 Å². The summed E-state index contributed by atoms with van der Waals surface area (Å²) in [5.41, 5.74) is 2.93. The van der Waals surface area contributed by atoms with Crippen LogP contribution in [0, 0.1) is 23.3 Å². The predicted octanol–water partition coefficient (Wildman–Crippen LogP) is 8.65. The molecule has 0 saturated heterocycles. The molecule has 0 amide bonds. The van der Waals surface area contributed by atoms with Crippen LogP contribution < -0.4 is 5.46 Å². The second-order valence-corrected chi connectivity index (χ2v) is 12.0. The summed E-state index contributed by atoms with van der Waals surface area (Å²) in [4.78, 5) is 26.1. The maximum atomic E-state index is 14.3. The normalized spacial score (nSPS) is 10.4. The molecule has 2 aromatic heterocycles. The van der Waals surface area contributed by atoms with E-state index >= 15 is 0 Å². The van der Waals surface area contributed by atoms with Crippen molar-refractivity contribution >= 4 is 24.2 Å². The van der Waals surface area contributed by atoms with Crippen LogP contribution in [-0.2, 0) is 0 Å². The van der Waals surface area contributed by atoms with Crippen molar-refractivity contribution in [1.82, 2.24) is 29.9 Å². The zero-order chi connectivity index (χ0) is 39.4. The summed E-state index contributed by atoms with van der Waals surface area (Å²) >= 11 is 5.99. The molecular weight excluding hydrogens is 743 g/mol. The average molecular weight is 771 g/mol. The van der Waals surface area contributed by atoms with Gasteiger partial charge in [-0.2, -0.15) is 9.97 Å². The first-order chi connectivity index (χ1) is 27.2. The quantitative estimate of drug-likeness (QED) is 0.128. The first-order valence-electron chi connectivity index (χ1n) is 16.8. The smallest absolute Gasteiger partial charge is 0.423 e. The van der Waals surface area contributed by atoms with Crippen LogP contribution in [0.4, 0.5) is 17.6 Å². The van der Waals surface area contributed by atoms with Crippen molar-refractivity contribution in [2.45, 2.75) is 0 Å². The maximum absolute atomic E-state index is 14.3. The predicted molar refractivity (Wildman–Crippen MR) is 208 cm³/mol. The molecule has 0 aliphatic heterocycles. The third-order valence-corrected chi connectivity index (χ3v) is 7.99. The Balaban J connectivity index is 0.000000155.